The molecular formula is C13H19ClN2O2. The molecule has 18 heavy (non-hydrogen) atoms. The predicted molar refractivity (Wildman–Crippen MR) is 73.2 cm³/mol. The number of rotatable bonds is 2. The maximum atomic E-state index is 12.1. The van der Waals surface area contributed by atoms with Crippen molar-refractivity contribution in [2.24, 2.45) is 0 Å². The monoisotopic (exact) mass is 270 g/mol. The highest BCUT2D eigenvalue weighted by Gasteiger charge is 2.23. The molecule has 0 atom stereocenters. The molecule has 1 aromatic rings. The Balaban J connectivity index is 2.99. The van der Waals surface area contributed by atoms with Crippen LogP contribution in [0.2, 0.25) is 5.15 Å². The van der Waals surface area contributed by atoms with Crippen molar-refractivity contribution in [1.29, 1.82) is 0 Å². The Hall–Kier alpha value is -1.29. The molecule has 0 radical (unpaired) electrons. The van der Waals surface area contributed by atoms with Gasteiger partial charge in [-0.3, -0.25) is 4.90 Å². The zero-order valence-corrected chi connectivity index (χ0v) is 12.2. The van der Waals surface area contributed by atoms with Crippen molar-refractivity contribution < 1.29 is 9.53 Å². The molecule has 1 aromatic heterocycles. The van der Waals surface area contributed by atoms with E-state index in [0.29, 0.717) is 11.7 Å². The average molecular weight is 271 g/mol. The van der Waals surface area contributed by atoms with E-state index in [0.717, 1.165) is 11.3 Å². The first kappa shape index (κ1) is 14.8. The highest BCUT2D eigenvalue weighted by atomic mass is 35.5. The number of carbonyl (C=O) groups excluding carboxylic acids is 1. The Morgan fingerprint density at radius 2 is 2.11 bits per heavy atom. The second kappa shape index (κ2) is 5.57. The van der Waals surface area contributed by atoms with Crippen LogP contribution in [0.3, 0.4) is 0 Å². The van der Waals surface area contributed by atoms with Crippen LogP contribution in [0, 0.1) is 6.92 Å². The quantitative estimate of drug-likeness (QED) is 0.768. The number of aromatic nitrogens is 1. The van der Waals surface area contributed by atoms with E-state index in [9.17, 15) is 4.79 Å². The summed E-state index contributed by atoms with van der Waals surface area (Å²) >= 11 is 5.81. The molecule has 0 saturated carbocycles. The molecular weight excluding hydrogens is 252 g/mol. The third-order valence-corrected chi connectivity index (χ3v) is 2.48. The number of halogens is 1. The molecule has 0 fully saturated rings. The van der Waals surface area contributed by atoms with Gasteiger partial charge in [0.15, 0.2) is 0 Å². The largest absolute Gasteiger partial charge is 0.443 e. The van der Waals surface area contributed by atoms with E-state index >= 15 is 0 Å². The van der Waals surface area contributed by atoms with Crippen LogP contribution in [0.15, 0.2) is 12.3 Å². The van der Waals surface area contributed by atoms with Crippen LogP contribution in [-0.4, -0.2) is 23.2 Å². The maximum absolute atomic E-state index is 12.1. The van der Waals surface area contributed by atoms with Gasteiger partial charge in [0.25, 0.3) is 0 Å². The Labute approximate surface area is 113 Å². The summed E-state index contributed by atoms with van der Waals surface area (Å²) < 4.78 is 5.36. The Bertz CT molecular complexity index is 441. The molecule has 0 aliphatic heterocycles. The topological polar surface area (TPSA) is 42.4 Å². The fourth-order valence-corrected chi connectivity index (χ4v) is 1.72. The first-order chi connectivity index (χ1) is 8.24. The van der Waals surface area contributed by atoms with E-state index in [4.69, 9.17) is 16.3 Å². The van der Waals surface area contributed by atoms with Gasteiger partial charge in [0, 0.05) is 6.54 Å². The molecule has 0 aliphatic carbocycles. The first-order valence-corrected chi connectivity index (χ1v) is 6.25. The molecule has 100 valence electrons. The SMILES string of the molecule is CCN(C(=O)OC(C)(C)C)c1cnc(Cl)cc1C. The number of amides is 1. The fraction of sp³-hybridized carbons (Fsp3) is 0.538. The zero-order chi connectivity index (χ0) is 13.9. The van der Waals surface area contributed by atoms with Crippen LogP contribution < -0.4 is 4.90 Å². The number of pyridine rings is 1. The van der Waals surface area contributed by atoms with Gasteiger partial charge in [0.05, 0.1) is 11.9 Å². The van der Waals surface area contributed by atoms with E-state index in [1.807, 2.05) is 34.6 Å². The normalized spacial score (nSPS) is 11.2. The number of anilines is 1. The minimum atomic E-state index is -0.516. The molecule has 0 N–H and O–H groups in total. The summed E-state index contributed by atoms with van der Waals surface area (Å²) in [6.07, 6.45) is 1.21. The molecule has 0 saturated heterocycles. The summed E-state index contributed by atoms with van der Waals surface area (Å²) in [4.78, 5) is 17.6. The van der Waals surface area contributed by atoms with Crippen LogP contribution in [0.5, 0.6) is 0 Å². The van der Waals surface area contributed by atoms with Crippen LogP contribution in [0.25, 0.3) is 0 Å². The zero-order valence-electron chi connectivity index (χ0n) is 11.5. The molecule has 0 spiro atoms. The van der Waals surface area contributed by atoms with Gasteiger partial charge in [-0.2, -0.15) is 0 Å². The van der Waals surface area contributed by atoms with E-state index in [-0.39, 0.29) is 6.09 Å². The standard InChI is InChI=1S/C13H19ClN2O2/c1-6-16(12(17)18-13(3,4)5)10-8-15-11(14)7-9(10)2/h7-8H,6H2,1-5H3. The first-order valence-electron chi connectivity index (χ1n) is 5.87. The van der Waals surface area contributed by atoms with Crippen molar-refractivity contribution in [3.8, 4) is 0 Å². The van der Waals surface area contributed by atoms with Gasteiger partial charge < -0.3 is 4.74 Å². The second-order valence-corrected chi connectivity index (χ2v) is 5.41. The lowest BCUT2D eigenvalue weighted by Crippen LogP contribution is -2.37. The molecule has 0 bridgehead atoms. The Morgan fingerprint density at radius 3 is 2.56 bits per heavy atom. The predicted octanol–water partition coefficient (Wildman–Crippen LogP) is 3.80. The lowest BCUT2D eigenvalue weighted by atomic mass is 10.2. The van der Waals surface area contributed by atoms with E-state index in [1.54, 1.807) is 17.2 Å². The van der Waals surface area contributed by atoms with Crippen molar-refractivity contribution in [2.45, 2.75) is 40.2 Å². The van der Waals surface area contributed by atoms with Gasteiger partial charge in [-0.05, 0) is 46.2 Å². The van der Waals surface area contributed by atoms with Crippen LogP contribution in [-0.2, 0) is 4.74 Å². The molecule has 1 heterocycles. The number of hydrogen-bond acceptors (Lipinski definition) is 3. The molecule has 0 aromatic carbocycles. The van der Waals surface area contributed by atoms with E-state index in [2.05, 4.69) is 4.98 Å². The number of nitrogens with zero attached hydrogens (tertiary/aromatic N) is 2. The van der Waals surface area contributed by atoms with Gasteiger partial charge >= 0.3 is 6.09 Å². The molecule has 4 nitrogen and oxygen atoms in total. The molecule has 0 aliphatic rings. The molecule has 1 amide bonds. The average Bonchev–Trinajstić information content (AvgIpc) is 2.19. The van der Waals surface area contributed by atoms with Gasteiger partial charge in [-0.25, -0.2) is 9.78 Å². The minimum absolute atomic E-state index is 0.378. The highest BCUT2D eigenvalue weighted by Crippen LogP contribution is 2.23. The molecule has 1 rings (SSSR count). The molecule has 0 unspecified atom stereocenters. The molecule has 5 heteroatoms. The van der Waals surface area contributed by atoms with Gasteiger partial charge in [-0.15, -0.1) is 0 Å². The maximum Gasteiger partial charge on any atom is 0.414 e. The van der Waals surface area contributed by atoms with Crippen LogP contribution >= 0.6 is 11.6 Å². The van der Waals surface area contributed by atoms with E-state index in [1.165, 1.54) is 0 Å². The van der Waals surface area contributed by atoms with Gasteiger partial charge in [0.2, 0.25) is 0 Å². The van der Waals surface area contributed by atoms with Crippen molar-refractivity contribution in [3.63, 3.8) is 0 Å². The smallest absolute Gasteiger partial charge is 0.414 e. The summed E-state index contributed by atoms with van der Waals surface area (Å²) in [5.41, 5.74) is 1.09. The lowest BCUT2D eigenvalue weighted by Gasteiger charge is -2.27. The number of aryl methyl sites for hydroxylation is 1. The van der Waals surface area contributed by atoms with Crippen molar-refractivity contribution in [1.82, 2.24) is 4.98 Å². The fourth-order valence-electron chi connectivity index (χ4n) is 1.51. The van der Waals surface area contributed by atoms with E-state index < -0.39 is 5.60 Å². The summed E-state index contributed by atoms with van der Waals surface area (Å²) in [5.74, 6) is 0. The highest BCUT2D eigenvalue weighted by molar-refractivity contribution is 6.29. The summed E-state index contributed by atoms with van der Waals surface area (Å²) in [6, 6.07) is 1.73. The van der Waals surface area contributed by atoms with Crippen molar-refractivity contribution in [2.75, 3.05) is 11.4 Å². The number of hydrogen-bond donors (Lipinski definition) is 0. The summed E-state index contributed by atoms with van der Waals surface area (Å²) in [7, 11) is 0. The van der Waals surface area contributed by atoms with Gasteiger partial charge in [-0.1, -0.05) is 11.6 Å². The minimum Gasteiger partial charge on any atom is -0.443 e. The number of ether oxygens (including phenoxy) is 1. The third kappa shape index (κ3) is 3.88. The van der Waals surface area contributed by atoms with Crippen molar-refractivity contribution >= 4 is 23.4 Å². The van der Waals surface area contributed by atoms with Crippen LogP contribution in [0.1, 0.15) is 33.3 Å². The van der Waals surface area contributed by atoms with Crippen molar-refractivity contribution in [3.05, 3.63) is 23.0 Å². The number of carbonyl (C=O) groups is 1. The third-order valence-electron chi connectivity index (χ3n) is 2.27. The lowest BCUT2D eigenvalue weighted by molar-refractivity contribution is 0.0582. The summed E-state index contributed by atoms with van der Waals surface area (Å²) in [6.45, 7) is 9.80. The Morgan fingerprint density at radius 1 is 1.50 bits per heavy atom. The Kier molecular flexibility index (Phi) is 4.57. The second-order valence-electron chi connectivity index (χ2n) is 5.02. The van der Waals surface area contributed by atoms with Crippen LogP contribution in [0.4, 0.5) is 10.5 Å². The van der Waals surface area contributed by atoms with Gasteiger partial charge in [0.1, 0.15) is 10.8 Å². The summed E-state index contributed by atoms with van der Waals surface area (Å²) in [5, 5.41) is 0.413.